The number of hydrogen-bond donors (Lipinski definition) is 1. The molecule has 3 heteroatoms. The maximum Gasteiger partial charge on any atom is 0.123 e. The van der Waals surface area contributed by atoms with Crippen molar-refractivity contribution in [2.75, 3.05) is 33.3 Å². The first-order valence-corrected chi connectivity index (χ1v) is 6.25. The lowest BCUT2D eigenvalue weighted by Crippen LogP contribution is -2.51. The minimum atomic E-state index is 0.0225. The van der Waals surface area contributed by atoms with E-state index < -0.39 is 0 Å². The molecule has 1 saturated heterocycles. The first-order chi connectivity index (χ1) is 8.16. The van der Waals surface area contributed by atoms with Gasteiger partial charge in [0.15, 0.2) is 0 Å². The maximum atomic E-state index is 5.48. The predicted molar refractivity (Wildman–Crippen MR) is 70.5 cm³/mol. The summed E-state index contributed by atoms with van der Waals surface area (Å²) in [6.45, 7) is 8.86. The summed E-state index contributed by atoms with van der Waals surface area (Å²) in [4.78, 5) is 2.52. The molecule has 94 valence electrons. The second-order valence-electron chi connectivity index (χ2n) is 5.00. The number of hydrogen-bond acceptors (Lipinski definition) is 3. The Morgan fingerprint density at radius 1 is 1.18 bits per heavy atom. The molecule has 1 heterocycles. The molecule has 17 heavy (non-hydrogen) atoms. The van der Waals surface area contributed by atoms with Gasteiger partial charge in [0.1, 0.15) is 5.75 Å². The molecule has 1 N–H and O–H groups in total. The van der Waals surface area contributed by atoms with E-state index in [4.69, 9.17) is 4.74 Å². The fourth-order valence-electron chi connectivity index (χ4n) is 2.54. The number of para-hydroxylation sites is 1. The van der Waals surface area contributed by atoms with Crippen LogP contribution in [0.4, 0.5) is 0 Å². The minimum absolute atomic E-state index is 0.0225. The highest BCUT2D eigenvalue weighted by atomic mass is 16.5. The molecule has 0 aromatic heterocycles. The van der Waals surface area contributed by atoms with Crippen LogP contribution >= 0.6 is 0 Å². The van der Waals surface area contributed by atoms with Crippen LogP contribution in [0.5, 0.6) is 5.75 Å². The van der Waals surface area contributed by atoms with Crippen molar-refractivity contribution in [2.24, 2.45) is 0 Å². The Morgan fingerprint density at radius 2 is 1.82 bits per heavy atom. The number of rotatable bonds is 3. The lowest BCUT2D eigenvalue weighted by molar-refractivity contribution is 0.1000. The molecule has 1 aliphatic rings. The molecular formula is C14H22N2O. The van der Waals surface area contributed by atoms with E-state index in [2.05, 4.69) is 36.2 Å². The summed E-state index contributed by atoms with van der Waals surface area (Å²) in [5, 5.41) is 3.39. The Morgan fingerprint density at radius 3 is 2.47 bits per heavy atom. The Bertz CT molecular complexity index is 370. The maximum absolute atomic E-state index is 5.48. The van der Waals surface area contributed by atoms with Crippen molar-refractivity contribution in [1.82, 2.24) is 10.2 Å². The van der Waals surface area contributed by atoms with Gasteiger partial charge in [-0.05, 0) is 19.9 Å². The van der Waals surface area contributed by atoms with E-state index in [1.807, 2.05) is 12.1 Å². The van der Waals surface area contributed by atoms with Gasteiger partial charge in [-0.1, -0.05) is 18.2 Å². The summed E-state index contributed by atoms with van der Waals surface area (Å²) in [7, 11) is 1.74. The van der Waals surface area contributed by atoms with Crippen molar-refractivity contribution in [3.63, 3.8) is 0 Å². The Hall–Kier alpha value is -1.06. The molecule has 0 aliphatic carbocycles. The van der Waals surface area contributed by atoms with Crippen molar-refractivity contribution in [2.45, 2.75) is 19.4 Å². The van der Waals surface area contributed by atoms with E-state index >= 15 is 0 Å². The van der Waals surface area contributed by atoms with Crippen LogP contribution in [0, 0.1) is 0 Å². The molecular weight excluding hydrogens is 212 g/mol. The van der Waals surface area contributed by atoms with E-state index in [1.54, 1.807) is 7.11 Å². The zero-order chi connectivity index (χ0) is 12.3. The van der Waals surface area contributed by atoms with Crippen LogP contribution in [-0.4, -0.2) is 38.2 Å². The van der Waals surface area contributed by atoms with E-state index in [9.17, 15) is 0 Å². The molecule has 1 aromatic carbocycles. The van der Waals surface area contributed by atoms with E-state index in [1.165, 1.54) is 5.56 Å². The van der Waals surface area contributed by atoms with Crippen LogP contribution in [0.1, 0.15) is 19.4 Å². The van der Waals surface area contributed by atoms with Gasteiger partial charge in [-0.15, -0.1) is 0 Å². The fourth-order valence-corrected chi connectivity index (χ4v) is 2.54. The number of nitrogens with one attached hydrogen (secondary N) is 1. The topological polar surface area (TPSA) is 24.5 Å². The van der Waals surface area contributed by atoms with Gasteiger partial charge in [-0.2, -0.15) is 0 Å². The smallest absolute Gasteiger partial charge is 0.123 e. The summed E-state index contributed by atoms with van der Waals surface area (Å²) in [5.74, 6) is 0.982. The quantitative estimate of drug-likeness (QED) is 0.863. The minimum Gasteiger partial charge on any atom is -0.496 e. The van der Waals surface area contributed by atoms with Crippen LogP contribution in [0.2, 0.25) is 0 Å². The molecule has 0 amide bonds. The van der Waals surface area contributed by atoms with Gasteiger partial charge in [-0.3, -0.25) is 4.90 Å². The molecule has 2 rings (SSSR count). The average molecular weight is 234 g/mol. The van der Waals surface area contributed by atoms with Gasteiger partial charge < -0.3 is 10.1 Å². The first-order valence-electron chi connectivity index (χ1n) is 6.25. The SMILES string of the molecule is COc1ccccc1C(C)(C)N1CCNCC1. The number of ether oxygens (including phenoxy) is 1. The standard InChI is InChI=1S/C14H22N2O/c1-14(2,16-10-8-15-9-11-16)12-6-4-5-7-13(12)17-3/h4-7,15H,8-11H2,1-3H3. The Kier molecular flexibility index (Phi) is 3.69. The van der Waals surface area contributed by atoms with Crippen LogP contribution < -0.4 is 10.1 Å². The van der Waals surface area contributed by atoms with Crippen molar-refractivity contribution in [1.29, 1.82) is 0 Å². The third-order valence-corrected chi connectivity index (χ3v) is 3.67. The molecule has 3 nitrogen and oxygen atoms in total. The van der Waals surface area contributed by atoms with Gasteiger partial charge in [0.2, 0.25) is 0 Å². The highest BCUT2D eigenvalue weighted by Gasteiger charge is 2.31. The molecule has 0 radical (unpaired) electrons. The molecule has 0 bridgehead atoms. The second-order valence-corrected chi connectivity index (χ2v) is 5.00. The van der Waals surface area contributed by atoms with Gasteiger partial charge in [0.05, 0.1) is 7.11 Å². The zero-order valence-electron chi connectivity index (χ0n) is 11.0. The molecule has 1 aromatic rings. The monoisotopic (exact) mass is 234 g/mol. The molecule has 0 saturated carbocycles. The van der Waals surface area contributed by atoms with Crippen molar-refractivity contribution < 1.29 is 4.74 Å². The first kappa shape index (κ1) is 12.4. The highest BCUT2D eigenvalue weighted by Crippen LogP contribution is 2.34. The van der Waals surface area contributed by atoms with Gasteiger partial charge >= 0.3 is 0 Å². The van der Waals surface area contributed by atoms with E-state index in [-0.39, 0.29) is 5.54 Å². The predicted octanol–water partition coefficient (Wildman–Crippen LogP) is 1.84. The Balaban J connectivity index is 2.29. The normalized spacial score (nSPS) is 18.1. The number of benzene rings is 1. The van der Waals surface area contributed by atoms with Crippen LogP contribution in [0.25, 0.3) is 0 Å². The number of nitrogens with zero attached hydrogens (tertiary/aromatic N) is 1. The molecule has 1 aliphatic heterocycles. The Labute approximate surface area is 104 Å². The van der Waals surface area contributed by atoms with E-state index in [0.29, 0.717) is 0 Å². The van der Waals surface area contributed by atoms with Gasteiger partial charge in [0.25, 0.3) is 0 Å². The van der Waals surface area contributed by atoms with Crippen molar-refractivity contribution >= 4 is 0 Å². The van der Waals surface area contributed by atoms with Crippen molar-refractivity contribution in [3.05, 3.63) is 29.8 Å². The lowest BCUT2D eigenvalue weighted by atomic mass is 9.90. The van der Waals surface area contributed by atoms with Gasteiger partial charge in [-0.25, -0.2) is 0 Å². The largest absolute Gasteiger partial charge is 0.496 e. The molecule has 0 spiro atoms. The van der Waals surface area contributed by atoms with Crippen LogP contribution in [0.15, 0.2) is 24.3 Å². The summed E-state index contributed by atoms with van der Waals surface area (Å²) in [6, 6.07) is 8.32. The van der Waals surface area contributed by atoms with Crippen molar-refractivity contribution in [3.8, 4) is 5.75 Å². The highest BCUT2D eigenvalue weighted by molar-refractivity contribution is 5.38. The summed E-state index contributed by atoms with van der Waals surface area (Å²) in [5.41, 5.74) is 1.29. The number of piperazine rings is 1. The third-order valence-electron chi connectivity index (χ3n) is 3.67. The second kappa shape index (κ2) is 5.07. The average Bonchev–Trinajstić information content (AvgIpc) is 2.39. The molecule has 0 unspecified atom stereocenters. The molecule has 0 atom stereocenters. The summed E-state index contributed by atoms with van der Waals surface area (Å²) >= 11 is 0. The van der Waals surface area contributed by atoms with Crippen LogP contribution in [0.3, 0.4) is 0 Å². The lowest BCUT2D eigenvalue weighted by Gasteiger charge is -2.42. The van der Waals surface area contributed by atoms with E-state index in [0.717, 1.165) is 31.9 Å². The third kappa shape index (κ3) is 2.45. The number of methoxy groups -OCH3 is 1. The molecule has 1 fully saturated rings. The summed E-state index contributed by atoms with van der Waals surface area (Å²) < 4.78 is 5.48. The summed E-state index contributed by atoms with van der Waals surface area (Å²) in [6.07, 6.45) is 0. The fraction of sp³-hybridized carbons (Fsp3) is 0.571. The van der Waals surface area contributed by atoms with Gasteiger partial charge in [0, 0.05) is 37.3 Å². The van der Waals surface area contributed by atoms with Crippen LogP contribution in [-0.2, 0) is 5.54 Å². The zero-order valence-corrected chi connectivity index (χ0v) is 11.0.